The number of allylic oxidation sites excluding steroid dienone is 1. The van der Waals surface area contributed by atoms with Gasteiger partial charge in [0.1, 0.15) is 12.1 Å². The molecular formula is C17H29N3O4. The Bertz CT molecular complexity index is 467. The number of primary amides is 1. The summed E-state index contributed by atoms with van der Waals surface area (Å²) in [7, 11) is 0. The molecule has 0 unspecified atom stereocenters. The summed E-state index contributed by atoms with van der Waals surface area (Å²) in [5.74, 6) is -1.29. The van der Waals surface area contributed by atoms with Gasteiger partial charge < -0.3 is 21.1 Å². The first-order valence-electron chi connectivity index (χ1n) is 8.52. The third-order valence-electron chi connectivity index (χ3n) is 4.30. The minimum atomic E-state index is -0.747. The maximum atomic E-state index is 12.4. The van der Waals surface area contributed by atoms with Gasteiger partial charge in [-0.1, -0.05) is 25.3 Å². The molecule has 136 valence electrons. The maximum Gasteiger partial charge on any atom is 0.243 e. The number of hydrogen-bond acceptors (Lipinski definition) is 4. The molecule has 1 saturated heterocycles. The number of nitrogens with two attached hydrogens (primary N) is 1. The van der Waals surface area contributed by atoms with E-state index in [0.717, 1.165) is 32.1 Å². The van der Waals surface area contributed by atoms with Crippen LogP contribution in [0.25, 0.3) is 0 Å². The van der Waals surface area contributed by atoms with E-state index < -0.39 is 30.0 Å². The number of nitrogens with zero attached hydrogens (tertiary/aromatic N) is 1. The topological polar surface area (TPSA) is 113 Å². The first-order valence-corrected chi connectivity index (χ1v) is 8.52. The highest BCUT2D eigenvalue weighted by molar-refractivity contribution is 5.91. The van der Waals surface area contributed by atoms with Crippen molar-refractivity contribution in [1.82, 2.24) is 10.2 Å². The zero-order chi connectivity index (χ0) is 18.1. The second-order valence-electron chi connectivity index (χ2n) is 6.32. The average Bonchev–Trinajstić information content (AvgIpc) is 2.91. The van der Waals surface area contributed by atoms with E-state index in [9.17, 15) is 19.5 Å². The summed E-state index contributed by atoms with van der Waals surface area (Å²) >= 11 is 0. The van der Waals surface area contributed by atoms with Crippen LogP contribution in [0.1, 0.15) is 51.9 Å². The summed E-state index contributed by atoms with van der Waals surface area (Å²) in [5.41, 5.74) is 5.37. The summed E-state index contributed by atoms with van der Waals surface area (Å²) in [6, 6.07) is -1.49. The Morgan fingerprint density at radius 3 is 2.58 bits per heavy atom. The molecule has 24 heavy (non-hydrogen) atoms. The molecule has 0 aromatic carbocycles. The van der Waals surface area contributed by atoms with Crippen LogP contribution in [0.5, 0.6) is 0 Å². The molecule has 0 spiro atoms. The highest BCUT2D eigenvalue weighted by atomic mass is 16.3. The molecule has 3 atom stereocenters. The van der Waals surface area contributed by atoms with Crippen LogP contribution in [-0.4, -0.2) is 52.5 Å². The standard InChI is InChI=1S/C17H29N3O4/c1-3-4-5-6-7-8-9-14(16(18)23)19-17(24)15-10-13(22)11-20(15)12(2)21/h3,13-15,22H,1,4-11H2,2H3,(H2,18,23)(H,19,24)/t13-,14-,15+/m1/s1. The lowest BCUT2D eigenvalue weighted by molar-refractivity contribution is -0.138. The number of likely N-dealkylation sites (tertiary alicyclic amines) is 1. The average molecular weight is 339 g/mol. The molecule has 1 aliphatic heterocycles. The van der Waals surface area contributed by atoms with Crippen LogP contribution in [0.4, 0.5) is 0 Å². The highest BCUT2D eigenvalue weighted by Gasteiger charge is 2.38. The molecule has 0 aliphatic carbocycles. The number of carbonyl (C=O) groups excluding carboxylic acids is 3. The number of nitrogens with one attached hydrogen (secondary N) is 1. The minimum absolute atomic E-state index is 0.137. The molecule has 0 saturated carbocycles. The SMILES string of the molecule is C=CCCCCCC[C@@H](NC(=O)[C@@H]1C[C@@H](O)CN1C(C)=O)C(N)=O. The van der Waals surface area contributed by atoms with Gasteiger partial charge in [-0.2, -0.15) is 0 Å². The van der Waals surface area contributed by atoms with Gasteiger partial charge >= 0.3 is 0 Å². The van der Waals surface area contributed by atoms with Crippen molar-refractivity contribution in [3.8, 4) is 0 Å². The zero-order valence-electron chi connectivity index (χ0n) is 14.4. The molecule has 3 amide bonds. The van der Waals surface area contributed by atoms with Gasteiger partial charge in [0.15, 0.2) is 0 Å². The summed E-state index contributed by atoms with van der Waals surface area (Å²) < 4.78 is 0. The fraction of sp³-hybridized carbons (Fsp3) is 0.706. The molecule has 1 fully saturated rings. The Labute approximate surface area is 143 Å². The molecule has 7 nitrogen and oxygen atoms in total. The van der Waals surface area contributed by atoms with Crippen molar-refractivity contribution >= 4 is 17.7 Å². The Kier molecular flexibility index (Phi) is 8.46. The normalized spacial score (nSPS) is 21.3. The molecule has 4 N–H and O–H groups in total. The minimum Gasteiger partial charge on any atom is -0.391 e. The largest absolute Gasteiger partial charge is 0.391 e. The number of unbranched alkanes of at least 4 members (excludes halogenated alkanes) is 4. The van der Waals surface area contributed by atoms with Crippen LogP contribution in [0.2, 0.25) is 0 Å². The molecule has 1 heterocycles. The summed E-state index contributed by atoms with van der Waals surface area (Å²) in [6.07, 6.45) is 6.63. The number of rotatable bonds is 10. The number of aliphatic hydroxyl groups excluding tert-OH is 1. The fourth-order valence-corrected chi connectivity index (χ4v) is 2.95. The number of hydrogen-bond donors (Lipinski definition) is 3. The Hall–Kier alpha value is -1.89. The van der Waals surface area contributed by atoms with Crippen molar-refractivity contribution in [2.45, 2.75) is 70.1 Å². The van der Waals surface area contributed by atoms with E-state index in [1.54, 1.807) is 0 Å². The molecule has 0 bridgehead atoms. The van der Waals surface area contributed by atoms with Crippen molar-refractivity contribution in [1.29, 1.82) is 0 Å². The third kappa shape index (κ3) is 6.31. The molecule has 1 aliphatic rings. The van der Waals surface area contributed by atoms with E-state index in [4.69, 9.17) is 5.73 Å². The number of aliphatic hydroxyl groups is 1. The third-order valence-corrected chi connectivity index (χ3v) is 4.30. The molecule has 0 aromatic heterocycles. The van der Waals surface area contributed by atoms with E-state index in [2.05, 4.69) is 11.9 Å². The van der Waals surface area contributed by atoms with Crippen molar-refractivity contribution in [3.63, 3.8) is 0 Å². The molecule has 1 rings (SSSR count). The van der Waals surface area contributed by atoms with Crippen molar-refractivity contribution in [2.75, 3.05) is 6.54 Å². The first-order chi connectivity index (χ1) is 11.4. The van der Waals surface area contributed by atoms with Gasteiger partial charge in [0, 0.05) is 19.9 Å². The summed E-state index contributed by atoms with van der Waals surface area (Å²) in [5, 5.41) is 12.3. The second kappa shape index (κ2) is 10.1. The van der Waals surface area contributed by atoms with Crippen LogP contribution < -0.4 is 11.1 Å². The smallest absolute Gasteiger partial charge is 0.243 e. The van der Waals surface area contributed by atoms with Crippen LogP contribution in [0.15, 0.2) is 12.7 Å². The van der Waals surface area contributed by atoms with Gasteiger partial charge in [-0.3, -0.25) is 14.4 Å². The molecular weight excluding hydrogens is 310 g/mol. The number of amides is 3. The Morgan fingerprint density at radius 2 is 2.00 bits per heavy atom. The van der Waals surface area contributed by atoms with Crippen LogP contribution >= 0.6 is 0 Å². The van der Waals surface area contributed by atoms with Crippen molar-refractivity contribution < 1.29 is 19.5 Å². The maximum absolute atomic E-state index is 12.4. The van der Waals surface area contributed by atoms with E-state index in [-0.39, 0.29) is 18.9 Å². The Morgan fingerprint density at radius 1 is 1.33 bits per heavy atom. The fourth-order valence-electron chi connectivity index (χ4n) is 2.95. The summed E-state index contributed by atoms with van der Waals surface area (Å²) in [6.45, 7) is 5.16. The van der Waals surface area contributed by atoms with Gasteiger partial charge in [-0.25, -0.2) is 0 Å². The Balaban J connectivity index is 2.49. The van der Waals surface area contributed by atoms with E-state index in [1.807, 2.05) is 6.08 Å². The summed E-state index contributed by atoms with van der Waals surface area (Å²) in [4.78, 5) is 36.8. The van der Waals surface area contributed by atoms with E-state index >= 15 is 0 Å². The number of carbonyl (C=O) groups is 3. The quantitative estimate of drug-likeness (QED) is 0.396. The zero-order valence-corrected chi connectivity index (χ0v) is 14.4. The van der Waals surface area contributed by atoms with Gasteiger partial charge in [0.25, 0.3) is 0 Å². The predicted octanol–water partition coefficient (Wildman–Crippen LogP) is 0.465. The molecule has 7 heteroatoms. The van der Waals surface area contributed by atoms with Gasteiger partial charge in [0.2, 0.25) is 17.7 Å². The monoisotopic (exact) mass is 339 g/mol. The first kappa shape index (κ1) is 20.2. The number of β-amino-alcohol motifs (C(OH)–C–C–N with tert-alkyl or cyclic N) is 1. The molecule has 0 aromatic rings. The lowest BCUT2D eigenvalue weighted by Crippen LogP contribution is -2.51. The van der Waals surface area contributed by atoms with E-state index in [1.165, 1.54) is 11.8 Å². The lowest BCUT2D eigenvalue weighted by atomic mass is 10.0. The van der Waals surface area contributed by atoms with Gasteiger partial charge in [0.05, 0.1) is 6.10 Å². The van der Waals surface area contributed by atoms with Gasteiger partial charge in [-0.05, 0) is 19.3 Å². The predicted molar refractivity (Wildman–Crippen MR) is 90.8 cm³/mol. The van der Waals surface area contributed by atoms with E-state index in [0.29, 0.717) is 6.42 Å². The van der Waals surface area contributed by atoms with Crippen LogP contribution in [0.3, 0.4) is 0 Å². The molecule has 0 radical (unpaired) electrons. The van der Waals surface area contributed by atoms with Gasteiger partial charge in [-0.15, -0.1) is 6.58 Å². The second-order valence-corrected chi connectivity index (χ2v) is 6.32. The van der Waals surface area contributed by atoms with Crippen molar-refractivity contribution in [3.05, 3.63) is 12.7 Å². The lowest BCUT2D eigenvalue weighted by Gasteiger charge is -2.24. The van der Waals surface area contributed by atoms with Crippen molar-refractivity contribution in [2.24, 2.45) is 5.73 Å². The van der Waals surface area contributed by atoms with Crippen LogP contribution in [0, 0.1) is 0 Å². The van der Waals surface area contributed by atoms with Crippen LogP contribution in [-0.2, 0) is 14.4 Å². The highest BCUT2D eigenvalue weighted by Crippen LogP contribution is 2.18.